The molecule has 0 bridgehead atoms. The Morgan fingerprint density at radius 2 is 2.15 bits per heavy atom. The second-order valence-electron chi connectivity index (χ2n) is 4.00. The Hall–Kier alpha value is -1.70. The second-order valence-corrected chi connectivity index (χ2v) is 4.91. The van der Waals surface area contributed by atoms with Gasteiger partial charge in [-0.05, 0) is 18.2 Å². The van der Waals surface area contributed by atoms with Crippen LogP contribution >= 0.6 is 15.9 Å². The quantitative estimate of drug-likeness (QED) is 0.914. The molecule has 108 valence electrons. The number of hydrogen-bond acceptors (Lipinski definition) is 3. The van der Waals surface area contributed by atoms with Crippen LogP contribution in [0.1, 0.15) is 5.82 Å². The molecule has 1 aromatic carbocycles. The van der Waals surface area contributed by atoms with Crippen LogP contribution < -0.4 is 10.1 Å². The molecule has 2 rings (SSSR count). The summed E-state index contributed by atoms with van der Waals surface area (Å²) in [4.78, 5) is 4.08. The SMILES string of the molecule is Cn1ccnc1CNc1ccc(Br)cc1OC(F)(F)F. The minimum atomic E-state index is -4.74. The third-order valence-electron chi connectivity index (χ3n) is 2.53. The molecule has 8 heteroatoms. The van der Waals surface area contributed by atoms with Gasteiger partial charge in [0.15, 0.2) is 5.75 Å². The fraction of sp³-hybridized carbons (Fsp3) is 0.250. The van der Waals surface area contributed by atoms with E-state index >= 15 is 0 Å². The molecule has 0 atom stereocenters. The zero-order valence-electron chi connectivity index (χ0n) is 10.4. The first-order valence-electron chi connectivity index (χ1n) is 5.60. The number of ether oxygens (including phenoxy) is 1. The summed E-state index contributed by atoms with van der Waals surface area (Å²) in [6.45, 7) is 0.291. The first-order chi connectivity index (χ1) is 9.35. The van der Waals surface area contributed by atoms with Crippen molar-refractivity contribution in [2.24, 2.45) is 7.05 Å². The van der Waals surface area contributed by atoms with Gasteiger partial charge in [0.05, 0.1) is 12.2 Å². The van der Waals surface area contributed by atoms with E-state index < -0.39 is 6.36 Å². The third-order valence-corrected chi connectivity index (χ3v) is 3.02. The standard InChI is InChI=1S/C12H11BrF3N3O/c1-19-5-4-17-11(19)7-18-9-3-2-8(13)6-10(9)20-12(14,15)16/h2-6,18H,7H2,1H3. The molecule has 0 aliphatic carbocycles. The maximum atomic E-state index is 12.3. The van der Waals surface area contributed by atoms with Gasteiger partial charge in [-0.15, -0.1) is 13.2 Å². The Morgan fingerprint density at radius 3 is 2.75 bits per heavy atom. The molecule has 2 aromatic rings. The van der Waals surface area contributed by atoms with Crippen LogP contribution in [0.4, 0.5) is 18.9 Å². The van der Waals surface area contributed by atoms with Gasteiger partial charge in [-0.1, -0.05) is 15.9 Å². The Morgan fingerprint density at radius 1 is 1.40 bits per heavy atom. The Balaban J connectivity index is 2.16. The smallest absolute Gasteiger partial charge is 0.404 e. The summed E-state index contributed by atoms with van der Waals surface area (Å²) in [7, 11) is 1.80. The summed E-state index contributed by atoms with van der Waals surface area (Å²) in [5, 5.41) is 2.88. The first kappa shape index (κ1) is 14.7. The lowest BCUT2D eigenvalue weighted by atomic mass is 10.3. The van der Waals surface area contributed by atoms with Crippen LogP contribution in [0.15, 0.2) is 35.1 Å². The molecule has 0 aliphatic rings. The third kappa shape index (κ3) is 3.89. The van der Waals surface area contributed by atoms with Gasteiger partial charge < -0.3 is 14.6 Å². The molecule has 1 heterocycles. The van der Waals surface area contributed by atoms with Crippen molar-refractivity contribution in [1.29, 1.82) is 0 Å². The normalized spacial score (nSPS) is 11.4. The number of nitrogens with zero attached hydrogens (tertiary/aromatic N) is 2. The van der Waals surface area contributed by atoms with Crippen LogP contribution in [0.5, 0.6) is 5.75 Å². The van der Waals surface area contributed by atoms with Crippen LogP contribution in [0.25, 0.3) is 0 Å². The highest BCUT2D eigenvalue weighted by Crippen LogP contribution is 2.33. The summed E-state index contributed by atoms with van der Waals surface area (Å²) in [5.74, 6) is 0.409. The van der Waals surface area contributed by atoms with Gasteiger partial charge in [-0.3, -0.25) is 0 Å². The van der Waals surface area contributed by atoms with Crippen molar-refractivity contribution in [3.8, 4) is 5.75 Å². The molecule has 0 spiro atoms. The van der Waals surface area contributed by atoms with E-state index in [0.29, 0.717) is 16.8 Å². The van der Waals surface area contributed by atoms with Crippen LogP contribution in [-0.2, 0) is 13.6 Å². The van der Waals surface area contributed by atoms with Crippen molar-refractivity contribution < 1.29 is 17.9 Å². The second kappa shape index (κ2) is 5.74. The average molecular weight is 350 g/mol. The number of aryl methyl sites for hydroxylation is 1. The number of benzene rings is 1. The van der Waals surface area contributed by atoms with Crippen LogP contribution in [0.3, 0.4) is 0 Å². The van der Waals surface area contributed by atoms with E-state index in [1.54, 1.807) is 30.1 Å². The minimum Gasteiger partial charge on any atom is -0.404 e. The molecule has 0 fully saturated rings. The van der Waals surface area contributed by atoms with Crippen LogP contribution in [0.2, 0.25) is 0 Å². The number of alkyl halides is 3. The van der Waals surface area contributed by atoms with E-state index in [4.69, 9.17) is 0 Å². The predicted octanol–water partition coefficient (Wildman–Crippen LogP) is 3.69. The Kier molecular flexibility index (Phi) is 4.22. The molecule has 1 N–H and O–H groups in total. The van der Waals surface area contributed by atoms with Crippen molar-refractivity contribution >= 4 is 21.6 Å². The van der Waals surface area contributed by atoms with Gasteiger partial charge in [-0.25, -0.2) is 4.98 Å². The fourth-order valence-electron chi connectivity index (χ4n) is 1.59. The first-order valence-corrected chi connectivity index (χ1v) is 6.40. The molecule has 0 unspecified atom stereocenters. The lowest BCUT2D eigenvalue weighted by molar-refractivity contribution is -0.274. The van der Waals surface area contributed by atoms with Gasteiger partial charge in [0.2, 0.25) is 0 Å². The molecule has 0 radical (unpaired) electrons. The number of aromatic nitrogens is 2. The monoisotopic (exact) mass is 349 g/mol. The molecule has 0 saturated carbocycles. The predicted molar refractivity (Wildman–Crippen MR) is 71.4 cm³/mol. The topological polar surface area (TPSA) is 39.1 Å². The lowest BCUT2D eigenvalue weighted by Gasteiger charge is -2.15. The van der Waals surface area contributed by atoms with E-state index in [1.807, 2.05) is 0 Å². The largest absolute Gasteiger partial charge is 0.573 e. The molecule has 0 saturated heterocycles. The Labute approximate surface area is 121 Å². The highest BCUT2D eigenvalue weighted by molar-refractivity contribution is 9.10. The van der Waals surface area contributed by atoms with Gasteiger partial charge in [0.1, 0.15) is 5.82 Å². The van der Waals surface area contributed by atoms with E-state index in [9.17, 15) is 13.2 Å². The summed E-state index contributed by atoms with van der Waals surface area (Å²) in [6, 6.07) is 4.40. The van der Waals surface area contributed by atoms with Gasteiger partial charge >= 0.3 is 6.36 Å². The number of anilines is 1. The molecular formula is C12H11BrF3N3O. The molecule has 1 aromatic heterocycles. The number of nitrogens with one attached hydrogen (secondary N) is 1. The number of imidazole rings is 1. The maximum absolute atomic E-state index is 12.3. The number of halogens is 4. The van der Waals surface area contributed by atoms with E-state index in [-0.39, 0.29) is 11.4 Å². The summed E-state index contributed by atoms with van der Waals surface area (Å²) < 4.78 is 43.3. The maximum Gasteiger partial charge on any atom is 0.573 e. The highest BCUT2D eigenvalue weighted by atomic mass is 79.9. The van der Waals surface area contributed by atoms with Crippen molar-refractivity contribution in [1.82, 2.24) is 9.55 Å². The highest BCUT2D eigenvalue weighted by Gasteiger charge is 2.32. The molecule has 0 aliphatic heterocycles. The molecule has 0 amide bonds. The van der Waals surface area contributed by atoms with E-state index in [0.717, 1.165) is 0 Å². The van der Waals surface area contributed by atoms with E-state index in [2.05, 4.69) is 31.0 Å². The zero-order valence-corrected chi connectivity index (χ0v) is 12.0. The fourth-order valence-corrected chi connectivity index (χ4v) is 1.93. The number of rotatable bonds is 4. The molecule has 4 nitrogen and oxygen atoms in total. The van der Waals surface area contributed by atoms with Gasteiger partial charge in [-0.2, -0.15) is 0 Å². The summed E-state index contributed by atoms with van der Waals surface area (Å²) in [5.41, 5.74) is 0.244. The summed E-state index contributed by atoms with van der Waals surface area (Å²) in [6.07, 6.45) is -1.36. The Bertz CT molecular complexity index is 598. The molecular weight excluding hydrogens is 339 g/mol. The van der Waals surface area contributed by atoms with E-state index in [1.165, 1.54) is 12.1 Å². The molecule has 20 heavy (non-hydrogen) atoms. The number of hydrogen-bond donors (Lipinski definition) is 1. The van der Waals surface area contributed by atoms with Crippen molar-refractivity contribution in [2.45, 2.75) is 12.9 Å². The van der Waals surface area contributed by atoms with Crippen molar-refractivity contribution in [2.75, 3.05) is 5.32 Å². The van der Waals surface area contributed by atoms with Gasteiger partial charge in [0.25, 0.3) is 0 Å². The average Bonchev–Trinajstić information content (AvgIpc) is 2.72. The van der Waals surface area contributed by atoms with Crippen LogP contribution in [0, 0.1) is 0 Å². The van der Waals surface area contributed by atoms with Crippen molar-refractivity contribution in [3.05, 3.63) is 40.9 Å². The minimum absolute atomic E-state index is 0.244. The zero-order chi connectivity index (χ0) is 14.8. The van der Waals surface area contributed by atoms with Gasteiger partial charge in [0, 0.05) is 23.9 Å². The van der Waals surface area contributed by atoms with Crippen LogP contribution in [-0.4, -0.2) is 15.9 Å². The lowest BCUT2D eigenvalue weighted by Crippen LogP contribution is -2.18. The van der Waals surface area contributed by atoms with Crippen molar-refractivity contribution in [3.63, 3.8) is 0 Å². The summed E-state index contributed by atoms with van der Waals surface area (Å²) >= 11 is 3.11.